The second-order valence-electron chi connectivity index (χ2n) is 4.71. The first kappa shape index (κ1) is 13.0. The Morgan fingerprint density at radius 3 is 2.25 bits per heavy atom. The van der Waals surface area contributed by atoms with Crippen molar-refractivity contribution in [1.82, 2.24) is 0 Å². The van der Waals surface area contributed by atoms with Crippen molar-refractivity contribution in [3.63, 3.8) is 0 Å². The highest BCUT2D eigenvalue weighted by Gasteiger charge is 2.63. The fraction of sp³-hybridized carbons (Fsp3) is 0.800. The topological polar surface area (TPSA) is 38.7 Å². The number of carbonyl (C=O) groups is 1. The molecule has 1 heterocycles. The maximum atomic E-state index is 12.8. The molecule has 0 aromatic carbocycles. The SMILES string of the molecule is CC(C)(C)OC(=O)C1(C(F)(F)F)CCC=N1. The second kappa shape index (κ2) is 3.75. The molecule has 0 aromatic rings. The molecular formula is C10H14F3NO2. The predicted molar refractivity (Wildman–Crippen MR) is 52.4 cm³/mol. The average molecular weight is 237 g/mol. The summed E-state index contributed by atoms with van der Waals surface area (Å²) in [5.74, 6) is -1.32. The van der Waals surface area contributed by atoms with Crippen LogP contribution < -0.4 is 0 Å². The van der Waals surface area contributed by atoms with Gasteiger partial charge >= 0.3 is 12.1 Å². The normalized spacial score (nSPS) is 25.9. The van der Waals surface area contributed by atoms with Crippen LogP contribution in [0, 0.1) is 0 Å². The lowest BCUT2D eigenvalue weighted by Crippen LogP contribution is -2.51. The number of esters is 1. The van der Waals surface area contributed by atoms with Crippen molar-refractivity contribution in [2.45, 2.75) is 50.9 Å². The van der Waals surface area contributed by atoms with Crippen LogP contribution in [0.3, 0.4) is 0 Å². The highest BCUT2D eigenvalue weighted by atomic mass is 19.4. The molecule has 92 valence electrons. The fourth-order valence-corrected chi connectivity index (χ4v) is 1.41. The van der Waals surface area contributed by atoms with Crippen LogP contribution in [0.5, 0.6) is 0 Å². The van der Waals surface area contributed by atoms with Gasteiger partial charge in [-0.3, -0.25) is 4.99 Å². The number of hydrogen-bond acceptors (Lipinski definition) is 3. The molecule has 0 saturated carbocycles. The van der Waals surface area contributed by atoms with Gasteiger partial charge in [0, 0.05) is 6.21 Å². The van der Waals surface area contributed by atoms with Crippen molar-refractivity contribution < 1.29 is 22.7 Å². The molecule has 0 aromatic heterocycles. The Hall–Kier alpha value is -1.07. The van der Waals surface area contributed by atoms with Crippen LogP contribution in [-0.2, 0) is 9.53 Å². The van der Waals surface area contributed by atoms with Crippen LogP contribution in [0.1, 0.15) is 33.6 Å². The number of carbonyl (C=O) groups excluding carboxylic acids is 1. The summed E-state index contributed by atoms with van der Waals surface area (Å²) in [6.45, 7) is 4.56. The van der Waals surface area contributed by atoms with E-state index in [1.165, 1.54) is 20.8 Å². The summed E-state index contributed by atoms with van der Waals surface area (Å²) in [5.41, 5.74) is -3.65. The third-order valence-electron chi connectivity index (χ3n) is 2.15. The Morgan fingerprint density at radius 1 is 1.38 bits per heavy atom. The van der Waals surface area contributed by atoms with Crippen molar-refractivity contribution in [1.29, 1.82) is 0 Å². The van der Waals surface area contributed by atoms with Gasteiger partial charge in [0.05, 0.1) is 0 Å². The molecular weight excluding hydrogens is 223 g/mol. The molecule has 6 heteroatoms. The van der Waals surface area contributed by atoms with Crippen molar-refractivity contribution in [2.24, 2.45) is 4.99 Å². The lowest BCUT2D eigenvalue weighted by molar-refractivity contribution is -0.210. The summed E-state index contributed by atoms with van der Waals surface area (Å²) in [6, 6.07) is 0. The molecule has 16 heavy (non-hydrogen) atoms. The third kappa shape index (κ3) is 2.36. The first-order valence-corrected chi connectivity index (χ1v) is 4.92. The van der Waals surface area contributed by atoms with E-state index in [2.05, 4.69) is 4.99 Å². The number of hydrogen-bond donors (Lipinski definition) is 0. The monoisotopic (exact) mass is 237 g/mol. The zero-order chi connectivity index (χ0) is 12.6. The lowest BCUT2D eigenvalue weighted by Gasteiger charge is -2.30. The van der Waals surface area contributed by atoms with Gasteiger partial charge in [0.1, 0.15) is 5.60 Å². The summed E-state index contributed by atoms with van der Waals surface area (Å²) in [7, 11) is 0. The van der Waals surface area contributed by atoms with Crippen molar-refractivity contribution >= 4 is 12.2 Å². The zero-order valence-electron chi connectivity index (χ0n) is 9.39. The van der Waals surface area contributed by atoms with Gasteiger partial charge in [0.2, 0.25) is 0 Å². The van der Waals surface area contributed by atoms with Gasteiger partial charge in [-0.25, -0.2) is 4.79 Å². The van der Waals surface area contributed by atoms with Crippen LogP contribution in [0.4, 0.5) is 13.2 Å². The highest BCUT2D eigenvalue weighted by Crippen LogP contribution is 2.41. The second-order valence-corrected chi connectivity index (χ2v) is 4.71. The van der Waals surface area contributed by atoms with E-state index in [0.717, 1.165) is 6.21 Å². The molecule has 1 aliphatic heterocycles. The van der Waals surface area contributed by atoms with E-state index in [9.17, 15) is 18.0 Å². The first-order chi connectivity index (χ1) is 7.08. The van der Waals surface area contributed by atoms with Crippen molar-refractivity contribution in [2.75, 3.05) is 0 Å². The zero-order valence-corrected chi connectivity index (χ0v) is 9.39. The van der Waals surface area contributed by atoms with Crippen LogP contribution >= 0.6 is 0 Å². The van der Waals surface area contributed by atoms with E-state index in [0.29, 0.717) is 0 Å². The quantitative estimate of drug-likeness (QED) is 0.657. The molecule has 3 nitrogen and oxygen atoms in total. The van der Waals surface area contributed by atoms with Gasteiger partial charge in [-0.05, 0) is 33.6 Å². The summed E-state index contributed by atoms with van der Waals surface area (Å²) >= 11 is 0. The molecule has 0 spiro atoms. The summed E-state index contributed by atoms with van der Waals surface area (Å²) in [4.78, 5) is 14.9. The molecule has 1 rings (SSSR count). The van der Waals surface area contributed by atoms with Crippen LogP contribution in [0.2, 0.25) is 0 Å². The van der Waals surface area contributed by atoms with Gasteiger partial charge in [-0.15, -0.1) is 0 Å². The number of alkyl halides is 3. The van der Waals surface area contributed by atoms with Crippen molar-refractivity contribution in [3.05, 3.63) is 0 Å². The molecule has 0 bridgehead atoms. The van der Waals surface area contributed by atoms with E-state index in [1.807, 2.05) is 0 Å². The van der Waals surface area contributed by atoms with Gasteiger partial charge in [-0.2, -0.15) is 13.2 Å². The van der Waals surface area contributed by atoms with E-state index in [-0.39, 0.29) is 12.8 Å². The Labute approximate surface area is 91.7 Å². The molecule has 0 N–H and O–H groups in total. The molecule has 0 saturated heterocycles. The highest BCUT2D eigenvalue weighted by molar-refractivity contribution is 5.86. The smallest absolute Gasteiger partial charge is 0.424 e. The standard InChI is InChI=1S/C10H14F3NO2/c1-8(2,3)16-7(15)9(10(11,12)13)5-4-6-14-9/h6H,4-5H2,1-3H3. The molecule has 0 radical (unpaired) electrons. The number of aliphatic imine (C=N–C) groups is 1. The maximum Gasteiger partial charge on any atom is 0.424 e. The van der Waals surface area contributed by atoms with Gasteiger partial charge in [0.15, 0.2) is 0 Å². The van der Waals surface area contributed by atoms with E-state index in [4.69, 9.17) is 4.74 Å². The van der Waals surface area contributed by atoms with Crippen molar-refractivity contribution in [3.8, 4) is 0 Å². The predicted octanol–water partition coefficient (Wildman–Crippen LogP) is 2.49. The molecule has 1 atom stereocenters. The molecule has 0 aliphatic carbocycles. The summed E-state index contributed by atoms with van der Waals surface area (Å²) in [6.07, 6.45) is -3.82. The van der Waals surface area contributed by atoms with E-state index >= 15 is 0 Å². The third-order valence-corrected chi connectivity index (χ3v) is 2.15. The Balaban J connectivity index is 2.97. The molecule has 1 unspecified atom stereocenters. The average Bonchev–Trinajstić information content (AvgIpc) is 2.46. The van der Waals surface area contributed by atoms with E-state index < -0.39 is 23.3 Å². The number of ether oxygens (including phenoxy) is 1. The van der Waals surface area contributed by atoms with Crippen LogP contribution in [0.25, 0.3) is 0 Å². The van der Waals surface area contributed by atoms with Gasteiger partial charge in [0.25, 0.3) is 5.54 Å². The first-order valence-electron chi connectivity index (χ1n) is 4.92. The van der Waals surface area contributed by atoms with Crippen LogP contribution in [0.15, 0.2) is 4.99 Å². The van der Waals surface area contributed by atoms with Gasteiger partial charge in [-0.1, -0.05) is 0 Å². The van der Waals surface area contributed by atoms with Gasteiger partial charge < -0.3 is 4.74 Å². The largest absolute Gasteiger partial charge is 0.458 e. The molecule has 0 amide bonds. The summed E-state index contributed by atoms with van der Waals surface area (Å²) < 4.78 is 43.3. The minimum absolute atomic E-state index is 0.138. The molecule has 0 fully saturated rings. The fourth-order valence-electron chi connectivity index (χ4n) is 1.41. The Bertz CT molecular complexity index is 317. The molecule has 1 aliphatic rings. The number of rotatable bonds is 1. The minimum atomic E-state index is -4.71. The minimum Gasteiger partial charge on any atom is -0.458 e. The summed E-state index contributed by atoms with van der Waals surface area (Å²) in [5, 5.41) is 0. The Kier molecular flexibility index (Phi) is 3.04. The maximum absolute atomic E-state index is 12.8. The van der Waals surface area contributed by atoms with Crippen LogP contribution in [-0.4, -0.2) is 29.5 Å². The lowest BCUT2D eigenvalue weighted by atomic mass is 9.96. The number of nitrogens with zero attached hydrogens (tertiary/aromatic N) is 1. The Morgan fingerprint density at radius 2 is 1.94 bits per heavy atom. The van der Waals surface area contributed by atoms with E-state index in [1.54, 1.807) is 0 Å². The number of halogens is 3.